The molecule has 0 radical (unpaired) electrons. The Morgan fingerprint density at radius 1 is 1.12 bits per heavy atom. The molecule has 0 bridgehead atoms. The normalized spacial score (nSPS) is 18.3. The van der Waals surface area contributed by atoms with Crippen LogP contribution in [-0.2, 0) is 6.54 Å². The lowest BCUT2D eigenvalue weighted by Gasteiger charge is -2.18. The molecule has 2 aromatic carbocycles. The standard InChI is InChI=1S/C28H30BrN3O2/c1-17-22(5-3-7-25(17)29)23-6-4-8-26(18(23)2)31-28(34)27-13-24(19-9-10-19)20(14-30-27)15-32-12-11-21(33)16-32/h3-8,13-14,19,21,33H,9-12,15-16H2,1-2H3,(H,31,34)/t21-/m1/s1. The number of nitrogens with one attached hydrogen (secondary N) is 1. The van der Waals surface area contributed by atoms with Gasteiger partial charge >= 0.3 is 0 Å². The predicted octanol–water partition coefficient (Wildman–Crippen LogP) is 5.82. The van der Waals surface area contributed by atoms with Crippen molar-refractivity contribution in [1.82, 2.24) is 9.88 Å². The van der Waals surface area contributed by atoms with Crippen molar-refractivity contribution in [2.45, 2.75) is 51.7 Å². The third-order valence-electron chi connectivity index (χ3n) is 7.05. The lowest BCUT2D eigenvalue weighted by molar-refractivity contribution is 0.102. The molecule has 1 atom stereocenters. The first-order chi connectivity index (χ1) is 16.4. The van der Waals surface area contributed by atoms with E-state index in [4.69, 9.17) is 0 Å². The number of anilines is 1. The number of likely N-dealkylation sites (tertiary alicyclic amines) is 1. The SMILES string of the molecule is Cc1c(Br)cccc1-c1cccc(NC(=O)c2cc(C3CC3)c(CN3CC[C@@H](O)C3)cn2)c1C. The summed E-state index contributed by atoms with van der Waals surface area (Å²) in [5.41, 5.74) is 8.12. The second-order valence-electron chi connectivity index (χ2n) is 9.56. The number of aliphatic hydroxyl groups is 1. The molecule has 2 fully saturated rings. The monoisotopic (exact) mass is 519 g/mol. The van der Waals surface area contributed by atoms with E-state index in [0.29, 0.717) is 18.2 Å². The molecule has 176 valence electrons. The molecule has 2 heterocycles. The van der Waals surface area contributed by atoms with Gasteiger partial charge in [-0.1, -0.05) is 40.2 Å². The van der Waals surface area contributed by atoms with Gasteiger partial charge in [0.1, 0.15) is 5.69 Å². The summed E-state index contributed by atoms with van der Waals surface area (Å²) in [5.74, 6) is 0.331. The topological polar surface area (TPSA) is 65.5 Å². The number of hydrogen-bond donors (Lipinski definition) is 2. The lowest BCUT2D eigenvalue weighted by atomic mass is 9.95. The van der Waals surface area contributed by atoms with Gasteiger partial charge in [0.25, 0.3) is 5.91 Å². The number of aliphatic hydroxyl groups excluding tert-OH is 1. The second-order valence-corrected chi connectivity index (χ2v) is 10.4. The molecule has 34 heavy (non-hydrogen) atoms. The summed E-state index contributed by atoms with van der Waals surface area (Å²) in [6.45, 7) is 6.53. The Labute approximate surface area is 209 Å². The Balaban J connectivity index is 1.38. The summed E-state index contributed by atoms with van der Waals surface area (Å²) in [5, 5.41) is 13.0. The Morgan fingerprint density at radius 3 is 2.56 bits per heavy atom. The maximum Gasteiger partial charge on any atom is 0.274 e. The number of halogens is 1. The molecule has 3 aromatic rings. The third kappa shape index (κ3) is 4.81. The molecule has 0 unspecified atom stereocenters. The first-order valence-corrected chi connectivity index (χ1v) is 12.8. The number of nitrogens with zero attached hydrogens (tertiary/aromatic N) is 2. The van der Waals surface area contributed by atoms with Gasteiger partial charge in [0, 0.05) is 36.0 Å². The van der Waals surface area contributed by atoms with Crippen molar-refractivity contribution in [1.29, 1.82) is 0 Å². The van der Waals surface area contributed by atoms with Crippen LogP contribution >= 0.6 is 15.9 Å². The maximum absolute atomic E-state index is 13.2. The Hall–Kier alpha value is -2.54. The van der Waals surface area contributed by atoms with Gasteiger partial charge in [0.15, 0.2) is 0 Å². The van der Waals surface area contributed by atoms with Crippen LogP contribution in [0.15, 0.2) is 53.1 Å². The van der Waals surface area contributed by atoms with Gasteiger partial charge in [0.2, 0.25) is 0 Å². The zero-order valence-corrected chi connectivity index (χ0v) is 21.2. The van der Waals surface area contributed by atoms with E-state index in [1.54, 1.807) is 0 Å². The van der Waals surface area contributed by atoms with Crippen LogP contribution in [0.3, 0.4) is 0 Å². The number of pyridine rings is 1. The Kier molecular flexibility index (Phi) is 6.56. The number of benzene rings is 2. The van der Waals surface area contributed by atoms with E-state index in [1.807, 2.05) is 43.5 Å². The minimum absolute atomic E-state index is 0.184. The fourth-order valence-electron chi connectivity index (χ4n) is 4.88. The lowest BCUT2D eigenvalue weighted by Crippen LogP contribution is -2.23. The molecule has 0 spiro atoms. The summed E-state index contributed by atoms with van der Waals surface area (Å²) in [6.07, 6.45) is 4.77. The van der Waals surface area contributed by atoms with Gasteiger partial charge in [-0.3, -0.25) is 14.7 Å². The van der Waals surface area contributed by atoms with E-state index in [-0.39, 0.29) is 12.0 Å². The van der Waals surface area contributed by atoms with Crippen molar-refractivity contribution in [3.05, 3.63) is 81.1 Å². The van der Waals surface area contributed by atoms with Crippen LogP contribution in [0.4, 0.5) is 5.69 Å². The summed E-state index contributed by atoms with van der Waals surface area (Å²) in [7, 11) is 0. The van der Waals surface area contributed by atoms with Crippen LogP contribution in [-0.4, -0.2) is 40.1 Å². The van der Waals surface area contributed by atoms with Gasteiger partial charge in [-0.05, 0) is 90.6 Å². The summed E-state index contributed by atoms with van der Waals surface area (Å²) < 4.78 is 1.07. The molecule has 2 N–H and O–H groups in total. The van der Waals surface area contributed by atoms with Crippen LogP contribution in [0.2, 0.25) is 0 Å². The Morgan fingerprint density at radius 2 is 1.85 bits per heavy atom. The molecule has 1 saturated carbocycles. The van der Waals surface area contributed by atoms with Crippen LogP contribution in [0.5, 0.6) is 0 Å². The van der Waals surface area contributed by atoms with E-state index in [9.17, 15) is 9.90 Å². The molecule has 1 aromatic heterocycles. The minimum atomic E-state index is -0.234. The second kappa shape index (κ2) is 9.61. The van der Waals surface area contributed by atoms with Crippen LogP contribution in [0.1, 0.15) is 57.9 Å². The number of β-amino-alcohol motifs (C(OH)–C–C–N with tert-alkyl or cyclic N) is 1. The summed E-state index contributed by atoms with van der Waals surface area (Å²) >= 11 is 3.62. The third-order valence-corrected chi connectivity index (χ3v) is 7.91. The predicted molar refractivity (Wildman–Crippen MR) is 139 cm³/mol. The fourth-order valence-corrected chi connectivity index (χ4v) is 5.24. The smallest absolute Gasteiger partial charge is 0.274 e. The molecule has 2 aliphatic rings. The zero-order chi connectivity index (χ0) is 23.8. The average molecular weight is 520 g/mol. The number of amides is 1. The van der Waals surface area contributed by atoms with Gasteiger partial charge in [0.05, 0.1) is 6.10 Å². The van der Waals surface area contributed by atoms with Crippen LogP contribution in [0, 0.1) is 13.8 Å². The van der Waals surface area contributed by atoms with Crippen molar-refractivity contribution < 1.29 is 9.90 Å². The fraction of sp³-hybridized carbons (Fsp3) is 0.357. The van der Waals surface area contributed by atoms with E-state index in [0.717, 1.165) is 59.2 Å². The summed E-state index contributed by atoms with van der Waals surface area (Å²) in [6, 6.07) is 14.2. The number of rotatable bonds is 6. The highest BCUT2D eigenvalue weighted by molar-refractivity contribution is 9.10. The first-order valence-electron chi connectivity index (χ1n) is 12.0. The summed E-state index contributed by atoms with van der Waals surface area (Å²) in [4.78, 5) is 20.0. The van der Waals surface area contributed by atoms with Gasteiger partial charge in [-0.2, -0.15) is 0 Å². The molecule has 5 rings (SSSR count). The van der Waals surface area contributed by atoms with E-state index in [2.05, 4.69) is 50.2 Å². The molecule has 6 heteroatoms. The zero-order valence-electron chi connectivity index (χ0n) is 19.6. The number of hydrogen-bond acceptors (Lipinski definition) is 4. The quantitative estimate of drug-likeness (QED) is 0.430. The molecular weight excluding hydrogens is 490 g/mol. The molecule has 5 nitrogen and oxygen atoms in total. The van der Waals surface area contributed by atoms with Gasteiger partial charge < -0.3 is 10.4 Å². The van der Waals surface area contributed by atoms with E-state index in [1.165, 1.54) is 16.7 Å². The largest absolute Gasteiger partial charge is 0.392 e. The molecular formula is C28H30BrN3O2. The van der Waals surface area contributed by atoms with Crippen LogP contribution < -0.4 is 5.32 Å². The van der Waals surface area contributed by atoms with Crippen molar-refractivity contribution in [3.8, 4) is 11.1 Å². The van der Waals surface area contributed by atoms with Crippen molar-refractivity contribution in [3.63, 3.8) is 0 Å². The van der Waals surface area contributed by atoms with E-state index >= 15 is 0 Å². The van der Waals surface area contributed by atoms with Crippen molar-refractivity contribution in [2.24, 2.45) is 0 Å². The van der Waals surface area contributed by atoms with Crippen LogP contribution in [0.25, 0.3) is 11.1 Å². The number of aromatic nitrogens is 1. The highest BCUT2D eigenvalue weighted by atomic mass is 79.9. The van der Waals surface area contributed by atoms with Crippen molar-refractivity contribution in [2.75, 3.05) is 18.4 Å². The van der Waals surface area contributed by atoms with Gasteiger partial charge in [-0.15, -0.1) is 0 Å². The number of carbonyl (C=O) groups excluding carboxylic acids is 1. The highest BCUT2D eigenvalue weighted by Gasteiger charge is 2.29. The first kappa shape index (κ1) is 23.2. The highest BCUT2D eigenvalue weighted by Crippen LogP contribution is 2.42. The number of carbonyl (C=O) groups is 1. The minimum Gasteiger partial charge on any atom is -0.392 e. The van der Waals surface area contributed by atoms with E-state index < -0.39 is 0 Å². The molecule has 1 aliphatic heterocycles. The average Bonchev–Trinajstić information content (AvgIpc) is 3.59. The molecule has 1 saturated heterocycles. The van der Waals surface area contributed by atoms with Gasteiger partial charge in [-0.25, -0.2) is 0 Å². The molecule has 1 amide bonds. The maximum atomic E-state index is 13.2. The van der Waals surface area contributed by atoms with Crippen molar-refractivity contribution >= 4 is 27.5 Å². The Bertz CT molecular complexity index is 1240. The molecule has 1 aliphatic carbocycles.